The number of nitrogens with one attached hydrogen (secondary N) is 1. The Labute approximate surface area is 150 Å². The van der Waals surface area contributed by atoms with Crippen LogP contribution in [0.1, 0.15) is 25.7 Å². The molecule has 2 heterocycles. The zero-order valence-electron chi connectivity index (χ0n) is 14.1. The monoisotopic (exact) mass is 363 g/mol. The summed E-state index contributed by atoms with van der Waals surface area (Å²) in [6.45, 7) is 0. The van der Waals surface area contributed by atoms with Crippen LogP contribution in [0.3, 0.4) is 0 Å². The second-order valence-electron chi connectivity index (χ2n) is 6.92. The molecule has 2 aromatic carbocycles. The first-order valence-corrected chi connectivity index (χ1v) is 8.84. The van der Waals surface area contributed by atoms with Crippen LogP contribution in [0, 0.1) is 0 Å². The van der Waals surface area contributed by atoms with Gasteiger partial charge in [0, 0.05) is 17.6 Å². The number of hydrogen-bond donors (Lipinski definition) is 1. The molecule has 2 aromatic rings. The van der Waals surface area contributed by atoms with Gasteiger partial charge in [0.15, 0.2) is 0 Å². The number of piperidine rings is 1. The third kappa shape index (κ3) is 3.96. The standard InChI is InChI=1S/C20H20F3NO2/c21-20(22,23)26-19-7-2-1-6-18(19)13-4-3-5-16(10-13)25-17-11-14-8-9-15(12-17)24-14/h1-7,10,14-15,17,24H,8-9,11-12H2/t14-,15+,17-. The zero-order valence-corrected chi connectivity index (χ0v) is 14.1. The van der Waals surface area contributed by atoms with Crippen molar-refractivity contribution in [1.82, 2.24) is 5.32 Å². The van der Waals surface area contributed by atoms with Crippen LogP contribution >= 0.6 is 0 Å². The van der Waals surface area contributed by atoms with Gasteiger partial charge in [-0.15, -0.1) is 13.2 Å². The Bertz CT molecular complexity index is 766. The molecule has 3 atom stereocenters. The van der Waals surface area contributed by atoms with Gasteiger partial charge in [-0.05, 0) is 49.4 Å². The van der Waals surface area contributed by atoms with Crippen LogP contribution in [0.25, 0.3) is 11.1 Å². The molecule has 1 N–H and O–H groups in total. The maximum absolute atomic E-state index is 12.7. The van der Waals surface area contributed by atoms with Gasteiger partial charge in [-0.25, -0.2) is 0 Å². The highest BCUT2D eigenvalue weighted by molar-refractivity contribution is 5.71. The lowest BCUT2D eigenvalue weighted by molar-refractivity contribution is -0.274. The average molecular weight is 363 g/mol. The molecule has 26 heavy (non-hydrogen) atoms. The molecule has 2 aliphatic heterocycles. The molecular weight excluding hydrogens is 343 g/mol. The van der Waals surface area contributed by atoms with Crippen molar-refractivity contribution in [2.24, 2.45) is 0 Å². The summed E-state index contributed by atoms with van der Waals surface area (Å²) in [4.78, 5) is 0. The van der Waals surface area contributed by atoms with Crippen LogP contribution in [-0.4, -0.2) is 24.6 Å². The van der Waals surface area contributed by atoms with Gasteiger partial charge in [-0.1, -0.05) is 30.3 Å². The minimum Gasteiger partial charge on any atom is -0.490 e. The third-order valence-electron chi connectivity index (χ3n) is 4.99. The van der Waals surface area contributed by atoms with Crippen LogP contribution in [0.2, 0.25) is 0 Å². The Morgan fingerprint density at radius 2 is 1.65 bits per heavy atom. The number of ether oxygens (including phenoxy) is 2. The van der Waals surface area contributed by atoms with Crippen molar-refractivity contribution >= 4 is 0 Å². The van der Waals surface area contributed by atoms with Gasteiger partial charge in [0.05, 0.1) is 0 Å². The molecular formula is C20H20F3NO2. The maximum atomic E-state index is 12.7. The summed E-state index contributed by atoms with van der Waals surface area (Å²) in [5.41, 5.74) is 1.03. The molecule has 6 heteroatoms. The summed E-state index contributed by atoms with van der Waals surface area (Å²) in [6.07, 6.45) is -0.272. The molecule has 0 spiro atoms. The molecule has 2 saturated heterocycles. The fourth-order valence-corrected chi connectivity index (χ4v) is 3.95. The number of benzene rings is 2. The van der Waals surface area contributed by atoms with E-state index in [0.717, 1.165) is 12.8 Å². The normalized spacial score (nSPS) is 25.1. The van der Waals surface area contributed by atoms with Crippen LogP contribution < -0.4 is 14.8 Å². The minimum atomic E-state index is -4.72. The van der Waals surface area contributed by atoms with Gasteiger partial charge in [-0.2, -0.15) is 0 Å². The first kappa shape index (κ1) is 17.2. The van der Waals surface area contributed by atoms with Crippen molar-refractivity contribution < 1.29 is 22.6 Å². The highest BCUT2D eigenvalue weighted by Crippen LogP contribution is 2.36. The Kier molecular flexibility index (Phi) is 4.53. The molecule has 0 radical (unpaired) electrons. The number of para-hydroxylation sites is 1. The predicted octanol–water partition coefficient (Wildman–Crippen LogP) is 4.91. The van der Waals surface area contributed by atoms with Crippen LogP contribution in [-0.2, 0) is 0 Å². The molecule has 0 saturated carbocycles. The topological polar surface area (TPSA) is 30.5 Å². The second kappa shape index (κ2) is 6.83. The van der Waals surface area contributed by atoms with E-state index in [1.54, 1.807) is 30.3 Å². The third-order valence-corrected chi connectivity index (χ3v) is 4.99. The van der Waals surface area contributed by atoms with E-state index < -0.39 is 6.36 Å². The highest BCUT2D eigenvalue weighted by Gasteiger charge is 2.34. The fraction of sp³-hybridized carbons (Fsp3) is 0.400. The summed E-state index contributed by atoms with van der Waals surface area (Å²) in [6, 6.07) is 14.4. The lowest BCUT2D eigenvalue weighted by Gasteiger charge is -2.29. The number of halogens is 3. The van der Waals surface area contributed by atoms with E-state index >= 15 is 0 Å². The lowest BCUT2D eigenvalue weighted by Crippen LogP contribution is -2.42. The van der Waals surface area contributed by atoms with Crippen LogP contribution in [0.4, 0.5) is 13.2 Å². The summed E-state index contributed by atoms with van der Waals surface area (Å²) < 4.78 is 48.3. The Hall–Kier alpha value is -2.21. The largest absolute Gasteiger partial charge is 0.573 e. The summed E-state index contributed by atoms with van der Waals surface area (Å²) >= 11 is 0. The molecule has 0 aromatic heterocycles. The lowest BCUT2D eigenvalue weighted by atomic mass is 10.0. The molecule has 0 unspecified atom stereocenters. The van der Waals surface area contributed by atoms with Crippen LogP contribution in [0.5, 0.6) is 11.5 Å². The quantitative estimate of drug-likeness (QED) is 0.837. The second-order valence-corrected chi connectivity index (χ2v) is 6.92. The Balaban J connectivity index is 1.55. The number of rotatable bonds is 4. The van der Waals surface area contributed by atoms with Crippen molar-refractivity contribution in [2.75, 3.05) is 0 Å². The molecule has 138 valence electrons. The van der Waals surface area contributed by atoms with Crippen molar-refractivity contribution in [3.05, 3.63) is 48.5 Å². The van der Waals surface area contributed by atoms with E-state index in [0.29, 0.717) is 29.0 Å². The maximum Gasteiger partial charge on any atom is 0.573 e. The molecule has 0 amide bonds. The first-order chi connectivity index (χ1) is 12.5. The Morgan fingerprint density at radius 1 is 0.923 bits per heavy atom. The van der Waals surface area contributed by atoms with Crippen molar-refractivity contribution in [1.29, 1.82) is 0 Å². The number of fused-ring (bicyclic) bond motifs is 2. The van der Waals surface area contributed by atoms with Crippen LogP contribution in [0.15, 0.2) is 48.5 Å². The van der Waals surface area contributed by atoms with E-state index in [-0.39, 0.29) is 11.9 Å². The molecule has 3 nitrogen and oxygen atoms in total. The molecule has 2 fully saturated rings. The van der Waals surface area contributed by atoms with Gasteiger partial charge < -0.3 is 14.8 Å². The van der Waals surface area contributed by atoms with Crippen molar-refractivity contribution in [2.45, 2.75) is 50.2 Å². The number of hydrogen-bond acceptors (Lipinski definition) is 3. The van der Waals surface area contributed by atoms with E-state index in [1.165, 1.54) is 25.0 Å². The number of alkyl halides is 3. The minimum absolute atomic E-state index is 0.144. The van der Waals surface area contributed by atoms with Crippen molar-refractivity contribution in [3.63, 3.8) is 0 Å². The zero-order chi connectivity index (χ0) is 18.1. The van der Waals surface area contributed by atoms with Gasteiger partial charge >= 0.3 is 6.36 Å². The molecule has 0 aliphatic carbocycles. The van der Waals surface area contributed by atoms with E-state index in [1.807, 2.05) is 6.07 Å². The summed E-state index contributed by atoms with van der Waals surface area (Å²) in [7, 11) is 0. The molecule has 2 aliphatic rings. The average Bonchev–Trinajstić information content (AvgIpc) is 2.93. The predicted molar refractivity (Wildman–Crippen MR) is 92.2 cm³/mol. The molecule has 2 bridgehead atoms. The summed E-state index contributed by atoms with van der Waals surface area (Å²) in [5, 5.41) is 3.57. The smallest absolute Gasteiger partial charge is 0.490 e. The van der Waals surface area contributed by atoms with E-state index in [4.69, 9.17) is 4.74 Å². The Morgan fingerprint density at radius 3 is 2.38 bits per heavy atom. The van der Waals surface area contributed by atoms with Gasteiger partial charge in [-0.3, -0.25) is 0 Å². The van der Waals surface area contributed by atoms with Gasteiger partial charge in [0.1, 0.15) is 17.6 Å². The highest BCUT2D eigenvalue weighted by atomic mass is 19.4. The summed E-state index contributed by atoms with van der Waals surface area (Å²) in [5.74, 6) is 0.465. The van der Waals surface area contributed by atoms with E-state index in [2.05, 4.69) is 10.1 Å². The van der Waals surface area contributed by atoms with Gasteiger partial charge in [0.2, 0.25) is 0 Å². The first-order valence-electron chi connectivity index (χ1n) is 8.84. The van der Waals surface area contributed by atoms with Crippen molar-refractivity contribution in [3.8, 4) is 22.6 Å². The molecule has 4 rings (SSSR count). The SMILES string of the molecule is FC(F)(F)Oc1ccccc1-c1cccc(O[C@@H]2C[C@H]3CC[C@@H](C2)N3)c1. The fourth-order valence-electron chi connectivity index (χ4n) is 3.95. The van der Waals surface area contributed by atoms with E-state index in [9.17, 15) is 13.2 Å². The van der Waals surface area contributed by atoms with Gasteiger partial charge in [0.25, 0.3) is 0 Å².